The van der Waals surface area contributed by atoms with Crippen LogP contribution in [-0.4, -0.2) is 17.6 Å². The van der Waals surface area contributed by atoms with Crippen molar-refractivity contribution in [3.63, 3.8) is 0 Å². The van der Waals surface area contributed by atoms with E-state index in [9.17, 15) is 4.79 Å². The lowest BCUT2D eigenvalue weighted by molar-refractivity contribution is -0.141. The molecule has 0 saturated heterocycles. The predicted molar refractivity (Wildman–Crippen MR) is 71.7 cm³/mol. The second-order valence-electron chi connectivity index (χ2n) is 4.10. The van der Waals surface area contributed by atoms with Gasteiger partial charge in [0.2, 0.25) is 0 Å². The van der Waals surface area contributed by atoms with Crippen molar-refractivity contribution in [2.24, 2.45) is 5.92 Å². The van der Waals surface area contributed by atoms with Gasteiger partial charge in [-0.1, -0.05) is 25.1 Å². The topological polar surface area (TPSA) is 49.3 Å². The molecular formula is C13H15NO2S. The minimum Gasteiger partial charge on any atom is -0.481 e. The Bertz CT molecular complexity index is 521. The molecule has 2 N–H and O–H groups in total. The summed E-state index contributed by atoms with van der Waals surface area (Å²) in [6.45, 7) is 2.42. The molecule has 0 aliphatic rings. The first kappa shape index (κ1) is 11.9. The van der Waals surface area contributed by atoms with Crippen LogP contribution in [0.1, 0.15) is 13.3 Å². The van der Waals surface area contributed by atoms with Crippen LogP contribution < -0.4 is 5.32 Å². The monoisotopic (exact) mass is 249 g/mol. The van der Waals surface area contributed by atoms with Gasteiger partial charge in [0, 0.05) is 22.0 Å². The average Bonchev–Trinajstić information content (AvgIpc) is 2.72. The molecule has 0 fully saturated rings. The maximum Gasteiger partial charge on any atom is 0.306 e. The average molecular weight is 249 g/mol. The normalized spacial score (nSPS) is 12.5. The summed E-state index contributed by atoms with van der Waals surface area (Å²) in [6.07, 6.45) is 0.638. The molecule has 2 aromatic rings. The molecule has 0 saturated carbocycles. The minimum absolute atomic E-state index is 0.299. The second kappa shape index (κ2) is 5.19. The van der Waals surface area contributed by atoms with Crippen LogP contribution in [0.15, 0.2) is 29.6 Å². The molecular weight excluding hydrogens is 234 g/mol. The van der Waals surface area contributed by atoms with Gasteiger partial charge in [-0.25, -0.2) is 0 Å². The van der Waals surface area contributed by atoms with E-state index in [4.69, 9.17) is 5.11 Å². The predicted octanol–water partition coefficient (Wildman–Crippen LogP) is 3.42. The van der Waals surface area contributed by atoms with Gasteiger partial charge in [0.1, 0.15) is 0 Å². The van der Waals surface area contributed by atoms with Crippen LogP contribution >= 0.6 is 11.3 Å². The van der Waals surface area contributed by atoms with Crippen LogP contribution in [0, 0.1) is 5.92 Å². The number of carboxylic acids is 1. The van der Waals surface area contributed by atoms with Crippen molar-refractivity contribution < 1.29 is 9.90 Å². The number of hydrogen-bond donors (Lipinski definition) is 2. The molecule has 1 aromatic carbocycles. The van der Waals surface area contributed by atoms with Gasteiger partial charge in [0.05, 0.1) is 11.6 Å². The van der Waals surface area contributed by atoms with E-state index in [1.165, 1.54) is 10.1 Å². The molecule has 0 spiro atoms. The Balaban J connectivity index is 1.98. The molecule has 0 radical (unpaired) electrons. The molecule has 2 rings (SSSR count). The third-order valence-corrected chi connectivity index (χ3v) is 3.76. The number of hydrogen-bond acceptors (Lipinski definition) is 3. The Hall–Kier alpha value is -1.55. The molecule has 90 valence electrons. The summed E-state index contributed by atoms with van der Waals surface area (Å²) in [5.74, 6) is -1.03. The number of fused-ring (bicyclic) bond motifs is 1. The maximum atomic E-state index is 10.7. The molecule has 1 aromatic heterocycles. The fraction of sp³-hybridized carbons (Fsp3) is 0.308. The van der Waals surface area contributed by atoms with Gasteiger partial charge in [-0.15, -0.1) is 11.3 Å². The number of rotatable bonds is 5. The Morgan fingerprint density at radius 1 is 1.47 bits per heavy atom. The number of benzene rings is 1. The van der Waals surface area contributed by atoms with Crippen molar-refractivity contribution in [1.82, 2.24) is 0 Å². The molecule has 3 nitrogen and oxygen atoms in total. The van der Waals surface area contributed by atoms with Crippen molar-refractivity contribution in [2.45, 2.75) is 13.3 Å². The summed E-state index contributed by atoms with van der Waals surface area (Å²) in [4.78, 5) is 10.7. The van der Waals surface area contributed by atoms with E-state index in [0.717, 1.165) is 5.69 Å². The SMILES string of the molecule is CC(CCNc1csc2ccccc12)C(=O)O. The highest BCUT2D eigenvalue weighted by Gasteiger charge is 2.10. The van der Waals surface area contributed by atoms with Crippen molar-refractivity contribution in [3.8, 4) is 0 Å². The number of carboxylic acid groups (broad SMARTS) is 1. The Labute approximate surface area is 104 Å². The highest BCUT2D eigenvalue weighted by Crippen LogP contribution is 2.29. The van der Waals surface area contributed by atoms with Gasteiger partial charge in [-0.3, -0.25) is 4.79 Å². The zero-order valence-corrected chi connectivity index (χ0v) is 10.5. The molecule has 1 unspecified atom stereocenters. The standard InChI is InChI=1S/C13H15NO2S/c1-9(13(15)16)6-7-14-11-8-17-12-5-3-2-4-10(11)12/h2-5,8-9,14H,6-7H2,1H3,(H,15,16). The van der Waals surface area contributed by atoms with Gasteiger partial charge in [0.25, 0.3) is 0 Å². The fourth-order valence-corrected chi connectivity index (χ4v) is 2.58. The van der Waals surface area contributed by atoms with Crippen LogP contribution in [0.3, 0.4) is 0 Å². The van der Waals surface area contributed by atoms with E-state index in [1.807, 2.05) is 12.1 Å². The highest BCUT2D eigenvalue weighted by atomic mass is 32.1. The van der Waals surface area contributed by atoms with E-state index >= 15 is 0 Å². The van der Waals surface area contributed by atoms with Gasteiger partial charge < -0.3 is 10.4 Å². The number of thiophene rings is 1. The first-order valence-corrected chi connectivity index (χ1v) is 6.49. The lowest BCUT2D eigenvalue weighted by Crippen LogP contribution is -2.14. The number of anilines is 1. The van der Waals surface area contributed by atoms with Crippen LogP contribution in [0.5, 0.6) is 0 Å². The first-order valence-electron chi connectivity index (χ1n) is 5.61. The van der Waals surface area contributed by atoms with Crippen LogP contribution in [0.4, 0.5) is 5.69 Å². The molecule has 4 heteroatoms. The summed E-state index contributed by atoms with van der Waals surface area (Å²) in [5.41, 5.74) is 1.10. The third-order valence-electron chi connectivity index (χ3n) is 2.80. The zero-order chi connectivity index (χ0) is 12.3. The smallest absolute Gasteiger partial charge is 0.306 e. The minimum atomic E-state index is -0.734. The van der Waals surface area contributed by atoms with E-state index < -0.39 is 5.97 Å². The Morgan fingerprint density at radius 2 is 2.24 bits per heavy atom. The molecule has 0 aliphatic heterocycles. The van der Waals surface area contributed by atoms with Crippen molar-refractivity contribution in [1.29, 1.82) is 0 Å². The van der Waals surface area contributed by atoms with E-state index in [0.29, 0.717) is 13.0 Å². The van der Waals surface area contributed by atoms with Gasteiger partial charge in [-0.05, 0) is 12.5 Å². The summed E-state index contributed by atoms with van der Waals surface area (Å²) >= 11 is 1.70. The van der Waals surface area contributed by atoms with Crippen LogP contribution in [0.2, 0.25) is 0 Å². The quantitative estimate of drug-likeness (QED) is 0.853. The number of carbonyl (C=O) groups is 1. The molecule has 0 aliphatic carbocycles. The summed E-state index contributed by atoms with van der Waals surface area (Å²) in [7, 11) is 0. The first-order chi connectivity index (χ1) is 8.18. The lowest BCUT2D eigenvalue weighted by Gasteiger charge is -2.07. The molecule has 1 heterocycles. The van der Waals surface area contributed by atoms with E-state index in [2.05, 4.69) is 22.8 Å². The van der Waals surface area contributed by atoms with Crippen LogP contribution in [0.25, 0.3) is 10.1 Å². The van der Waals surface area contributed by atoms with Gasteiger partial charge in [-0.2, -0.15) is 0 Å². The van der Waals surface area contributed by atoms with E-state index in [1.54, 1.807) is 18.3 Å². The summed E-state index contributed by atoms with van der Waals surface area (Å²) in [5, 5.41) is 15.4. The Kier molecular flexibility index (Phi) is 3.64. The fourth-order valence-electron chi connectivity index (χ4n) is 1.66. The third kappa shape index (κ3) is 2.77. The van der Waals surface area contributed by atoms with Gasteiger partial charge in [0.15, 0.2) is 0 Å². The number of nitrogens with one attached hydrogen (secondary N) is 1. The summed E-state index contributed by atoms with van der Waals surface area (Å²) < 4.78 is 1.25. The van der Waals surface area contributed by atoms with Crippen LogP contribution in [-0.2, 0) is 4.79 Å². The second-order valence-corrected chi connectivity index (χ2v) is 5.01. The van der Waals surface area contributed by atoms with Crippen molar-refractivity contribution >= 4 is 33.1 Å². The van der Waals surface area contributed by atoms with E-state index in [-0.39, 0.29) is 5.92 Å². The molecule has 0 bridgehead atoms. The zero-order valence-electron chi connectivity index (χ0n) is 9.64. The molecule has 0 amide bonds. The largest absolute Gasteiger partial charge is 0.481 e. The molecule has 17 heavy (non-hydrogen) atoms. The van der Waals surface area contributed by atoms with Gasteiger partial charge >= 0.3 is 5.97 Å². The lowest BCUT2D eigenvalue weighted by atomic mass is 10.1. The Morgan fingerprint density at radius 3 is 3.00 bits per heavy atom. The maximum absolute atomic E-state index is 10.7. The number of aliphatic carboxylic acids is 1. The van der Waals surface area contributed by atoms with Crippen molar-refractivity contribution in [3.05, 3.63) is 29.6 Å². The summed E-state index contributed by atoms with van der Waals surface area (Å²) in [6, 6.07) is 8.20. The molecule has 1 atom stereocenters. The van der Waals surface area contributed by atoms with Crippen molar-refractivity contribution in [2.75, 3.05) is 11.9 Å². The highest BCUT2D eigenvalue weighted by molar-refractivity contribution is 7.17.